The number of rotatable bonds is 5. The maximum absolute atomic E-state index is 11.9. The van der Waals surface area contributed by atoms with Crippen molar-refractivity contribution in [2.45, 2.75) is 39.2 Å². The Morgan fingerprint density at radius 2 is 2.05 bits per heavy atom. The first-order chi connectivity index (χ1) is 10.1. The van der Waals surface area contributed by atoms with Crippen LogP contribution < -0.4 is 5.32 Å². The van der Waals surface area contributed by atoms with Gasteiger partial charge in [0, 0.05) is 18.9 Å². The van der Waals surface area contributed by atoms with E-state index in [9.17, 15) is 9.59 Å². The van der Waals surface area contributed by atoms with E-state index in [4.69, 9.17) is 0 Å². The van der Waals surface area contributed by atoms with Crippen molar-refractivity contribution in [2.24, 2.45) is 5.10 Å². The largest absolute Gasteiger partial charge is 0.352 e. The minimum absolute atomic E-state index is 0.0144. The topological polar surface area (TPSA) is 61.8 Å². The van der Waals surface area contributed by atoms with Gasteiger partial charge < -0.3 is 5.32 Å². The molecule has 0 aromatic heterocycles. The molecule has 1 aliphatic rings. The van der Waals surface area contributed by atoms with E-state index in [0.29, 0.717) is 12.8 Å². The Bertz CT molecular complexity index is 540. The molecule has 0 radical (unpaired) electrons. The Labute approximate surface area is 125 Å². The molecule has 0 saturated carbocycles. The number of carbonyl (C=O) groups is 2. The molecule has 112 valence electrons. The Kier molecular flexibility index (Phi) is 5.09. The van der Waals surface area contributed by atoms with Crippen LogP contribution in [-0.2, 0) is 9.59 Å². The van der Waals surface area contributed by atoms with Crippen molar-refractivity contribution >= 4 is 17.5 Å². The Balaban J connectivity index is 2.07. The van der Waals surface area contributed by atoms with Crippen molar-refractivity contribution in [3.05, 3.63) is 35.9 Å². The zero-order valence-electron chi connectivity index (χ0n) is 12.5. The molecule has 5 nitrogen and oxygen atoms in total. The van der Waals surface area contributed by atoms with Crippen molar-refractivity contribution in [3.63, 3.8) is 0 Å². The quantitative estimate of drug-likeness (QED) is 0.899. The van der Waals surface area contributed by atoms with Crippen molar-refractivity contribution < 1.29 is 9.59 Å². The molecule has 2 rings (SSSR count). The summed E-state index contributed by atoms with van der Waals surface area (Å²) in [5.41, 5.74) is 1.85. The molecular weight excluding hydrogens is 266 g/mol. The number of hydrazone groups is 1. The second-order valence-corrected chi connectivity index (χ2v) is 5.24. The van der Waals surface area contributed by atoms with Crippen molar-refractivity contribution in [2.75, 3.05) is 6.54 Å². The first-order valence-corrected chi connectivity index (χ1v) is 7.32. The van der Waals surface area contributed by atoms with Crippen LogP contribution in [0.5, 0.6) is 0 Å². The molecule has 0 bridgehead atoms. The average molecular weight is 287 g/mol. The standard InChI is InChI=1S/C16H21N3O2/c1-3-12(2)17-15(20)11-19-16(21)10-9-14(18-19)13-7-5-4-6-8-13/h4-8,12H,3,9-11H2,1-2H3,(H,17,20). The van der Waals surface area contributed by atoms with E-state index in [2.05, 4.69) is 10.4 Å². The third-order valence-electron chi connectivity index (χ3n) is 3.53. The summed E-state index contributed by atoms with van der Waals surface area (Å²) in [6.45, 7) is 3.93. The molecule has 1 aromatic rings. The number of benzene rings is 1. The normalized spacial score (nSPS) is 16.4. The van der Waals surface area contributed by atoms with E-state index in [-0.39, 0.29) is 24.4 Å². The lowest BCUT2D eigenvalue weighted by atomic mass is 10.0. The van der Waals surface area contributed by atoms with Crippen LogP contribution in [0, 0.1) is 0 Å². The molecule has 21 heavy (non-hydrogen) atoms. The van der Waals surface area contributed by atoms with E-state index in [0.717, 1.165) is 17.7 Å². The molecule has 1 aliphatic heterocycles. The van der Waals surface area contributed by atoms with Gasteiger partial charge in [0.2, 0.25) is 11.8 Å². The first kappa shape index (κ1) is 15.2. The van der Waals surface area contributed by atoms with E-state index < -0.39 is 0 Å². The Hall–Kier alpha value is -2.17. The summed E-state index contributed by atoms with van der Waals surface area (Å²) in [6, 6.07) is 9.85. The maximum atomic E-state index is 11.9. The number of hydrogen-bond donors (Lipinski definition) is 1. The highest BCUT2D eigenvalue weighted by Gasteiger charge is 2.23. The number of carbonyl (C=O) groups excluding carboxylic acids is 2. The van der Waals surface area contributed by atoms with Crippen molar-refractivity contribution in [3.8, 4) is 0 Å². The van der Waals surface area contributed by atoms with E-state index in [1.54, 1.807) is 0 Å². The van der Waals surface area contributed by atoms with Crippen LogP contribution in [0.2, 0.25) is 0 Å². The molecule has 1 N–H and O–H groups in total. The van der Waals surface area contributed by atoms with Gasteiger partial charge in [-0.3, -0.25) is 9.59 Å². The monoisotopic (exact) mass is 287 g/mol. The molecular formula is C16H21N3O2. The third kappa shape index (κ3) is 4.15. The van der Waals surface area contributed by atoms with Crippen molar-refractivity contribution in [1.82, 2.24) is 10.3 Å². The minimum atomic E-state index is -0.171. The number of amides is 2. The summed E-state index contributed by atoms with van der Waals surface area (Å²) in [5, 5.41) is 8.48. The highest BCUT2D eigenvalue weighted by atomic mass is 16.2. The Morgan fingerprint density at radius 3 is 2.71 bits per heavy atom. The SMILES string of the molecule is CCC(C)NC(=O)CN1N=C(c2ccccc2)CCC1=O. The van der Waals surface area contributed by atoms with Gasteiger partial charge in [-0.1, -0.05) is 37.3 Å². The van der Waals surface area contributed by atoms with Crippen LogP contribution >= 0.6 is 0 Å². The molecule has 0 fully saturated rings. The summed E-state index contributed by atoms with van der Waals surface area (Å²) in [5.74, 6) is -0.273. The number of hydrogen-bond acceptors (Lipinski definition) is 3. The summed E-state index contributed by atoms with van der Waals surface area (Å²) in [6.07, 6.45) is 1.87. The zero-order chi connectivity index (χ0) is 15.2. The van der Waals surface area contributed by atoms with Crippen molar-refractivity contribution in [1.29, 1.82) is 0 Å². The summed E-state index contributed by atoms with van der Waals surface area (Å²) >= 11 is 0. The van der Waals surface area contributed by atoms with Crippen LogP contribution in [0.1, 0.15) is 38.7 Å². The van der Waals surface area contributed by atoms with Crippen LogP contribution in [0.4, 0.5) is 0 Å². The van der Waals surface area contributed by atoms with Gasteiger partial charge in [-0.05, 0) is 18.9 Å². The molecule has 0 aliphatic carbocycles. The predicted octanol–water partition coefficient (Wildman–Crippen LogP) is 1.93. The highest BCUT2D eigenvalue weighted by Crippen LogP contribution is 2.14. The minimum Gasteiger partial charge on any atom is -0.352 e. The lowest BCUT2D eigenvalue weighted by Crippen LogP contribution is -2.42. The number of nitrogens with one attached hydrogen (secondary N) is 1. The molecule has 1 aromatic carbocycles. The molecule has 1 heterocycles. The summed E-state index contributed by atoms with van der Waals surface area (Å²) in [4.78, 5) is 23.8. The number of nitrogens with zero attached hydrogens (tertiary/aromatic N) is 2. The van der Waals surface area contributed by atoms with E-state index in [1.165, 1.54) is 5.01 Å². The predicted molar refractivity (Wildman–Crippen MR) is 81.8 cm³/mol. The fourth-order valence-corrected chi connectivity index (χ4v) is 2.12. The third-order valence-corrected chi connectivity index (χ3v) is 3.53. The first-order valence-electron chi connectivity index (χ1n) is 7.32. The van der Waals surface area contributed by atoms with Gasteiger partial charge in [-0.2, -0.15) is 5.10 Å². The van der Waals surface area contributed by atoms with Gasteiger partial charge in [0.25, 0.3) is 0 Å². The molecule has 0 saturated heterocycles. The maximum Gasteiger partial charge on any atom is 0.243 e. The van der Waals surface area contributed by atoms with Gasteiger partial charge in [-0.25, -0.2) is 5.01 Å². The summed E-state index contributed by atoms with van der Waals surface area (Å²) in [7, 11) is 0. The molecule has 5 heteroatoms. The smallest absolute Gasteiger partial charge is 0.243 e. The molecule has 1 unspecified atom stereocenters. The van der Waals surface area contributed by atoms with Gasteiger partial charge in [0.15, 0.2) is 0 Å². The van der Waals surface area contributed by atoms with Gasteiger partial charge in [0.05, 0.1) is 5.71 Å². The van der Waals surface area contributed by atoms with Crippen LogP contribution in [0.3, 0.4) is 0 Å². The fraction of sp³-hybridized carbons (Fsp3) is 0.438. The van der Waals surface area contributed by atoms with Crippen LogP contribution in [0.25, 0.3) is 0 Å². The van der Waals surface area contributed by atoms with Crippen LogP contribution in [-0.4, -0.2) is 35.1 Å². The lowest BCUT2D eigenvalue weighted by Gasteiger charge is -2.24. The average Bonchev–Trinajstić information content (AvgIpc) is 2.50. The molecule has 2 amide bonds. The van der Waals surface area contributed by atoms with E-state index >= 15 is 0 Å². The molecule has 0 spiro atoms. The zero-order valence-corrected chi connectivity index (χ0v) is 12.5. The Morgan fingerprint density at radius 1 is 1.33 bits per heavy atom. The summed E-state index contributed by atoms with van der Waals surface area (Å²) < 4.78 is 0. The van der Waals surface area contributed by atoms with Gasteiger partial charge >= 0.3 is 0 Å². The van der Waals surface area contributed by atoms with Gasteiger partial charge in [0.1, 0.15) is 6.54 Å². The van der Waals surface area contributed by atoms with Crippen LogP contribution in [0.15, 0.2) is 35.4 Å². The fourth-order valence-electron chi connectivity index (χ4n) is 2.12. The lowest BCUT2D eigenvalue weighted by molar-refractivity contribution is -0.136. The van der Waals surface area contributed by atoms with Gasteiger partial charge in [-0.15, -0.1) is 0 Å². The second kappa shape index (κ2) is 7.02. The highest BCUT2D eigenvalue weighted by molar-refractivity contribution is 6.04. The second-order valence-electron chi connectivity index (χ2n) is 5.24. The molecule has 1 atom stereocenters. The van der Waals surface area contributed by atoms with E-state index in [1.807, 2.05) is 44.2 Å².